The normalized spacial score (nSPS) is 30.4. The van der Waals surface area contributed by atoms with E-state index < -0.39 is 17.3 Å². The SMILES string of the molecule is C[C@]1(O)CC2(CCN(C(=O)Cc3cccnc3)CC2)OC[C@@H]1O. The number of carbonyl (C=O) groups is 1. The van der Waals surface area contributed by atoms with Crippen LogP contribution in [0, 0.1) is 0 Å². The van der Waals surface area contributed by atoms with Crippen LogP contribution in [0.2, 0.25) is 0 Å². The van der Waals surface area contributed by atoms with E-state index >= 15 is 0 Å². The number of rotatable bonds is 2. The number of aromatic nitrogens is 1. The average Bonchev–Trinajstić information content (AvgIpc) is 2.53. The standard InChI is InChI=1S/C17H24N2O4/c1-16(22)12-17(23-11-14(16)20)4-7-19(8-5-17)15(21)9-13-3-2-6-18-10-13/h2-3,6,10,14,20,22H,4-5,7-9,11-12H2,1H3/t14-,16-/m0/s1. The van der Waals surface area contributed by atoms with Crippen molar-refractivity contribution in [3.8, 4) is 0 Å². The van der Waals surface area contributed by atoms with Gasteiger partial charge in [-0.2, -0.15) is 0 Å². The van der Waals surface area contributed by atoms with Crippen molar-refractivity contribution in [1.82, 2.24) is 9.88 Å². The van der Waals surface area contributed by atoms with Gasteiger partial charge in [0.1, 0.15) is 6.10 Å². The molecule has 3 rings (SSSR count). The van der Waals surface area contributed by atoms with Gasteiger partial charge in [-0.1, -0.05) is 6.07 Å². The Bertz CT molecular complexity index is 553. The van der Waals surface area contributed by atoms with Gasteiger partial charge in [-0.25, -0.2) is 0 Å². The summed E-state index contributed by atoms with van der Waals surface area (Å²) < 4.78 is 5.84. The van der Waals surface area contributed by atoms with E-state index in [4.69, 9.17) is 4.74 Å². The van der Waals surface area contributed by atoms with Crippen LogP contribution in [0.3, 0.4) is 0 Å². The molecule has 2 N–H and O–H groups in total. The monoisotopic (exact) mass is 320 g/mol. The third-order valence-electron chi connectivity index (χ3n) is 5.05. The highest BCUT2D eigenvalue weighted by Crippen LogP contribution is 2.39. The number of aliphatic hydroxyl groups excluding tert-OH is 1. The number of ether oxygens (including phenoxy) is 1. The van der Waals surface area contributed by atoms with E-state index in [1.165, 1.54) is 0 Å². The Kier molecular flexibility index (Phi) is 4.40. The molecule has 2 aliphatic heterocycles. The highest BCUT2D eigenvalue weighted by molar-refractivity contribution is 5.78. The van der Waals surface area contributed by atoms with Crippen molar-refractivity contribution in [1.29, 1.82) is 0 Å². The first kappa shape index (κ1) is 16.4. The summed E-state index contributed by atoms with van der Waals surface area (Å²) in [6, 6.07) is 3.73. The predicted octanol–water partition coefficient (Wildman–Crippen LogP) is 0.518. The first-order chi connectivity index (χ1) is 10.9. The average molecular weight is 320 g/mol. The van der Waals surface area contributed by atoms with Crippen molar-refractivity contribution in [2.75, 3.05) is 19.7 Å². The van der Waals surface area contributed by atoms with Crippen LogP contribution in [0.15, 0.2) is 24.5 Å². The Morgan fingerprint density at radius 2 is 2.22 bits per heavy atom. The van der Waals surface area contributed by atoms with E-state index in [0.717, 1.165) is 5.56 Å². The molecule has 2 atom stereocenters. The van der Waals surface area contributed by atoms with Gasteiger partial charge < -0.3 is 19.8 Å². The lowest BCUT2D eigenvalue weighted by molar-refractivity contribution is -0.222. The zero-order valence-corrected chi connectivity index (χ0v) is 13.4. The van der Waals surface area contributed by atoms with E-state index in [9.17, 15) is 15.0 Å². The number of piperidine rings is 1. The number of hydrogen-bond acceptors (Lipinski definition) is 5. The van der Waals surface area contributed by atoms with Crippen molar-refractivity contribution in [2.24, 2.45) is 0 Å². The fourth-order valence-corrected chi connectivity index (χ4v) is 3.53. The number of pyridine rings is 1. The molecule has 2 saturated heterocycles. The molecule has 126 valence electrons. The van der Waals surface area contributed by atoms with E-state index in [1.807, 2.05) is 17.0 Å². The van der Waals surface area contributed by atoms with E-state index in [2.05, 4.69) is 4.98 Å². The van der Waals surface area contributed by atoms with Gasteiger partial charge in [-0.3, -0.25) is 9.78 Å². The molecule has 0 aromatic carbocycles. The fraction of sp³-hybridized carbons (Fsp3) is 0.647. The Hall–Kier alpha value is -1.50. The van der Waals surface area contributed by atoms with Crippen LogP contribution < -0.4 is 0 Å². The van der Waals surface area contributed by atoms with E-state index in [-0.39, 0.29) is 12.5 Å². The minimum atomic E-state index is -1.12. The second-order valence-electron chi connectivity index (χ2n) is 6.96. The third-order valence-corrected chi connectivity index (χ3v) is 5.05. The lowest BCUT2D eigenvalue weighted by Gasteiger charge is -2.49. The Morgan fingerprint density at radius 3 is 2.83 bits per heavy atom. The summed E-state index contributed by atoms with van der Waals surface area (Å²) in [7, 11) is 0. The smallest absolute Gasteiger partial charge is 0.227 e. The van der Waals surface area contributed by atoms with Crippen molar-refractivity contribution < 1.29 is 19.7 Å². The number of carbonyl (C=O) groups excluding carboxylic acids is 1. The van der Waals surface area contributed by atoms with E-state index in [0.29, 0.717) is 38.8 Å². The first-order valence-electron chi connectivity index (χ1n) is 8.11. The maximum atomic E-state index is 12.4. The van der Waals surface area contributed by atoms with Crippen LogP contribution in [-0.2, 0) is 16.0 Å². The third kappa shape index (κ3) is 3.54. The Labute approximate surface area is 136 Å². The largest absolute Gasteiger partial charge is 0.388 e. The van der Waals surface area contributed by atoms with Gasteiger partial charge >= 0.3 is 0 Å². The van der Waals surface area contributed by atoms with Crippen molar-refractivity contribution in [3.05, 3.63) is 30.1 Å². The molecule has 1 aromatic heterocycles. The Morgan fingerprint density at radius 1 is 1.48 bits per heavy atom. The molecule has 2 aliphatic rings. The summed E-state index contributed by atoms with van der Waals surface area (Å²) in [4.78, 5) is 18.3. The van der Waals surface area contributed by atoms with Gasteiger partial charge in [0.15, 0.2) is 0 Å². The summed E-state index contributed by atoms with van der Waals surface area (Å²) >= 11 is 0. The molecular weight excluding hydrogens is 296 g/mol. The molecule has 0 radical (unpaired) electrons. The lowest BCUT2D eigenvalue weighted by atomic mass is 9.76. The summed E-state index contributed by atoms with van der Waals surface area (Å²) in [5, 5.41) is 20.1. The minimum absolute atomic E-state index is 0.0930. The highest BCUT2D eigenvalue weighted by atomic mass is 16.5. The highest BCUT2D eigenvalue weighted by Gasteiger charge is 2.48. The van der Waals surface area contributed by atoms with Crippen molar-refractivity contribution in [2.45, 2.75) is 49.9 Å². The molecule has 6 nitrogen and oxygen atoms in total. The van der Waals surface area contributed by atoms with Crippen molar-refractivity contribution in [3.63, 3.8) is 0 Å². The maximum Gasteiger partial charge on any atom is 0.227 e. The summed E-state index contributed by atoms with van der Waals surface area (Å²) in [5.74, 6) is 0.0930. The first-order valence-corrected chi connectivity index (χ1v) is 8.11. The van der Waals surface area contributed by atoms with Crippen LogP contribution in [0.1, 0.15) is 31.7 Å². The molecule has 1 amide bonds. The maximum absolute atomic E-state index is 12.4. The van der Waals surface area contributed by atoms with Gasteiger partial charge in [-0.15, -0.1) is 0 Å². The zero-order valence-electron chi connectivity index (χ0n) is 13.4. The molecular formula is C17H24N2O4. The summed E-state index contributed by atoms with van der Waals surface area (Å²) in [5.41, 5.74) is -0.633. The number of nitrogens with zero attached hydrogens (tertiary/aromatic N) is 2. The van der Waals surface area contributed by atoms with Crippen LogP contribution in [-0.4, -0.2) is 63.0 Å². The molecule has 1 spiro atoms. The molecule has 0 saturated carbocycles. The lowest BCUT2D eigenvalue weighted by Crippen LogP contribution is -2.59. The van der Waals surface area contributed by atoms with Crippen LogP contribution in [0.4, 0.5) is 0 Å². The van der Waals surface area contributed by atoms with Crippen molar-refractivity contribution >= 4 is 5.91 Å². The van der Waals surface area contributed by atoms with Gasteiger partial charge in [0, 0.05) is 31.9 Å². The molecule has 2 fully saturated rings. The van der Waals surface area contributed by atoms with Gasteiger partial charge in [0.25, 0.3) is 0 Å². The molecule has 6 heteroatoms. The number of aliphatic hydroxyl groups is 2. The van der Waals surface area contributed by atoms with Crippen LogP contribution in [0.25, 0.3) is 0 Å². The Balaban J connectivity index is 1.57. The second-order valence-corrected chi connectivity index (χ2v) is 6.96. The molecule has 0 bridgehead atoms. The fourth-order valence-electron chi connectivity index (χ4n) is 3.53. The number of likely N-dealkylation sites (tertiary alicyclic amines) is 1. The number of hydrogen-bond donors (Lipinski definition) is 2. The second kappa shape index (κ2) is 6.19. The van der Waals surface area contributed by atoms with Gasteiger partial charge in [-0.05, 0) is 31.4 Å². The minimum Gasteiger partial charge on any atom is -0.388 e. The van der Waals surface area contributed by atoms with Gasteiger partial charge in [0.2, 0.25) is 5.91 Å². The molecule has 0 aliphatic carbocycles. The molecule has 0 unspecified atom stereocenters. The van der Waals surface area contributed by atoms with Gasteiger partial charge in [0.05, 0.1) is 24.2 Å². The predicted molar refractivity (Wildman–Crippen MR) is 83.7 cm³/mol. The van der Waals surface area contributed by atoms with Crippen LogP contribution in [0.5, 0.6) is 0 Å². The summed E-state index contributed by atoms with van der Waals surface area (Å²) in [6.45, 7) is 3.04. The molecule has 3 heterocycles. The molecule has 1 aromatic rings. The summed E-state index contributed by atoms with van der Waals surface area (Å²) in [6.07, 6.45) is 4.71. The van der Waals surface area contributed by atoms with Crippen LogP contribution >= 0.6 is 0 Å². The quantitative estimate of drug-likeness (QED) is 0.830. The zero-order chi connectivity index (χ0) is 16.5. The number of amides is 1. The van der Waals surface area contributed by atoms with E-state index in [1.54, 1.807) is 19.3 Å². The topological polar surface area (TPSA) is 82.9 Å². The molecule has 23 heavy (non-hydrogen) atoms.